The van der Waals surface area contributed by atoms with Crippen LogP contribution in [0.15, 0.2) is 78.7 Å². The average molecular weight is 541 g/mol. The van der Waals surface area contributed by atoms with Gasteiger partial charge < -0.3 is 9.47 Å². The number of thiocarbonyl (C=S) groups is 1. The molecule has 8 nitrogen and oxygen atoms in total. The van der Waals surface area contributed by atoms with Crippen molar-refractivity contribution in [3.63, 3.8) is 0 Å². The van der Waals surface area contributed by atoms with Crippen molar-refractivity contribution in [1.82, 2.24) is 4.90 Å². The summed E-state index contributed by atoms with van der Waals surface area (Å²) in [5.74, 6) is 0.368. The van der Waals surface area contributed by atoms with Crippen LogP contribution >= 0.6 is 24.0 Å². The van der Waals surface area contributed by atoms with E-state index in [0.29, 0.717) is 17.1 Å². The molecule has 0 spiro atoms. The van der Waals surface area contributed by atoms with Gasteiger partial charge in [-0.1, -0.05) is 45.0 Å². The van der Waals surface area contributed by atoms with Gasteiger partial charge in [0, 0.05) is 23.3 Å². The van der Waals surface area contributed by atoms with E-state index in [1.807, 2.05) is 6.07 Å². The van der Waals surface area contributed by atoms with Gasteiger partial charge in [0.2, 0.25) is 16.7 Å². The van der Waals surface area contributed by atoms with Crippen molar-refractivity contribution in [2.45, 2.75) is 39.2 Å². The normalized spacial score (nSPS) is 15.8. The van der Waals surface area contributed by atoms with Gasteiger partial charge in [0.05, 0.1) is 16.7 Å². The fourth-order valence-electron chi connectivity index (χ4n) is 3.35. The molecule has 2 aromatic rings. The quantitative estimate of drug-likeness (QED) is 0.0669. The lowest BCUT2D eigenvalue weighted by molar-refractivity contribution is -0.384. The van der Waals surface area contributed by atoms with Gasteiger partial charge in [0.15, 0.2) is 5.76 Å². The molecule has 1 aliphatic heterocycles. The zero-order valence-corrected chi connectivity index (χ0v) is 22.5. The number of ether oxygens (including phenoxy) is 2. The molecule has 0 saturated carbocycles. The smallest absolute Gasteiger partial charge is 0.269 e. The van der Waals surface area contributed by atoms with E-state index in [9.17, 15) is 19.7 Å². The second kappa shape index (κ2) is 12.2. The Hall–Kier alpha value is -3.50. The highest BCUT2D eigenvalue weighted by Gasteiger charge is 2.44. The predicted octanol–water partition coefficient (Wildman–Crippen LogP) is 5.82. The topological polar surface area (TPSA) is 99.0 Å². The molecular formula is C27H28N2O6S2. The summed E-state index contributed by atoms with van der Waals surface area (Å²) in [4.78, 5) is 38.4. The third kappa shape index (κ3) is 7.05. The lowest BCUT2D eigenvalue weighted by Gasteiger charge is -2.41. The maximum Gasteiger partial charge on any atom is 0.269 e. The first-order valence-corrected chi connectivity index (χ1v) is 13.0. The minimum absolute atomic E-state index is 0.0187. The van der Waals surface area contributed by atoms with Crippen LogP contribution in [0.2, 0.25) is 0 Å². The van der Waals surface area contributed by atoms with Crippen LogP contribution in [0.25, 0.3) is 0 Å². The summed E-state index contributed by atoms with van der Waals surface area (Å²) < 4.78 is 12.0. The molecule has 1 aliphatic rings. The van der Waals surface area contributed by atoms with Crippen molar-refractivity contribution in [2.24, 2.45) is 5.41 Å². The molecule has 0 bridgehead atoms. The van der Waals surface area contributed by atoms with E-state index in [1.54, 1.807) is 63.2 Å². The van der Waals surface area contributed by atoms with Crippen LogP contribution in [0, 0.1) is 15.5 Å². The van der Waals surface area contributed by atoms with Crippen LogP contribution in [-0.2, 0) is 20.9 Å². The number of Topliss-reactive ketones (excluding diaryl/α,β-unsaturated/α-hetero) is 1. The third-order valence-electron chi connectivity index (χ3n) is 5.33. The van der Waals surface area contributed by atoms with Gasteiger partial charge in [-0.2, -0.15) is 0 Å². The Bertz CT molecular complexity index is 1220. The standard InChI is InChI=1S/C27H28N2O6S2/c1-5-15-37-22-16-21(30)28(22)23(26(36)34-17-18-11-13-19(14-12-18)29(32)33)24(25(31)27(2,3)4)35-20-9-7-6-8-10-20/h5-14,22H,1,15-17H2,2-4H3. The summed E-state index contributed by atoms with van der Waals surface area (Å²) in [6.07, 6.45) is 2.01. The highest BCUT2D eigenvalue weighted by Crippen LogP contribution is 2.37. The first-order valence-electron chi connectivity index (χ1n) is 11.5. The van der Waals surface area contributed by atoms with Crippen LogP contribution in [-0.4, -0.2) is 37.7 Å². The highest BCUT2D eigenvalue weighted by molar-refractivity contribution is 8.00. The molecule has 194 valence electrons. The van der Waals surface area contributed by atoms with Crippen molar-refractivity contribution < 1.29 is 24.0 Å². The van der Waals surface area contributed by atoms with Crippen molar-refractivity contribution in [3.05, 3.63) is 94.4 Å². The number of rotatable bonds is 11. The number of benzene rings is 2. The van der Waals surface area contributed by atoms with Gasteiger partial charge in [-0.25, -0.2) is 0 Å². The van der Waals surface area contributed by atoms with E-state index in [-0.39, 0.29) is 52.3 Å². The van der Waals surface area contributed by atoms with Crippen molar-refractivity contribution in [3.8, 4) is 5.75 Å². The number of allylic oxidation sites excluding steroid dienone is 1. The molecule has 1 fully saturated rings. The number of hydrogen-bond donors (Lipinski definition) is 0. The highest BCUT2D eigenvalue weighted by atomic mass is 32.2. The molecule has 1 amide bonds. The molecule has 1 heterocycles. The number of nitro benzene ring substituents is 1. The number of likely N-dealkylation sites (tertiary alicyclic amines) is 1. The van der Waals surface area contributed by atoms with Gasteiger partial charge in [0.1, 0.15) is 18.1 Å². The monoisotopic (exact) mass is 540 g/mol. The van der Waals surface area contributed by atoms with Crippen molar-refractivity contribution >= 4 is 46.4 Å². The van der Waals surface area contributed by atoms with Gasteiger partial charge in [-0.15, -0.1) is 18.3 Å². The number of carbonyl (C=O) groups excluding carboxylic acids is 2. The number of non-ortho nitro benzene ring substituents is 1. The van der Waals surface area contributed by atoms with Gasteiger partial charge in [0.25, 0.3) is 5.69 Å². The van der Waals surface area contributed by atoms with Gasteiger partial charge >= 0.3 is 0 Å². The third-order valence-corrected chi connectivity index (χ3v) is 6.83. The molecule has 0 aliphatic carbocycles. The number of nitro groups is 1. The summed E-state index contributed by atoms with van der Waals surface area (Å²) in [6.45, 7) is 8.98. The van der Waals surface area contributed by atoms with Gasteiger partial charge in [-0.05, 0) is 42.0 Å². The molecule has 3 rings (SSSR count). The molecule has 1 unspecified atom stereocenters. The van der Waals surface area contributed by atoms with E-state index < -0.39 is 10.3 Å². The van der Waals surface area contributed by atoms with Crippen molar-refractivity contribution in [2.75, 3.05) is 5.75 Å². The molecule has 0 radical (unpaired) electrons. The largest absolute Gasteiger partial charge is 0.477 e. The number of amides is 1. The molecule has 1 atom stereocenters. The number of para-hydroxylation sites is 1. The summed E-state index contributed by atoms with van der Waals surface area (Å²) >= 11 is 7.12. The summed E-state index contributed by atoms with van der Waals surface area (Å²) in [5.41, 5.74) is -0.165. The Kier molecular flexibility index (Phi) is 9.23. The molecular weight excluding hydrogens is 512 g/mol. The lowest BCUT2D eigenvalue weighted by Crippen LogP contribution is -2.53. The average Bonchev–Trinajstić information content (AvgIpc) is 2.86. The molecule has 0 aromatic heterocycles. The minimum Gasteiger partial charge on any atom is -0.477 e. The minimum atomic E-state index is -0.846. The van der Waals surface area contributed by atoms with Crippen molar-refractivity contribution in [1.29, 1.82) is 0 Å². The molecule has 0 N–H and O–H groups in total. The number of carbonyl (C=O) groups is 2. The first kappa shape index (κ1) is 28.1. The Morgan fingerprint density at radius 2 is 1.86 bits per heavy atom. The Balaban J connectivity index is 2.03. The molecule has 1 saturated heterocycles. The van der Waals surface area contributed by atoms with Gasteiger partial charge in [-0.3, -0.25) is 24.6 Å². The van der Waals surface area contributed by atoms with Crippen LogP contribution in [0.3, 0.4) is 0 Å². The zero-order valence-electron chi connectivity index (χ0n) is 20.8. The summed E-state index contributed by atoms with van der Waals surface area (Å²) in [7, 11) is 0. The predicted molar refractivity (Wildman–Crippen MR) is 147 cm³/mol. The maximum absolute atomic E-state index is 13.6. The first-order chi connectivity index (χ1) is 17.5. The Morgan fingerprint density at radius 3 is 2.41 bits per heavy atom. The maximum atomic E-state index is 13.6. The SMILES string of the molecule is C=CCSC1CC(=O)N1C(C(=S)OCc1ccc([N+](=O)[O-])cc1)=C(Oc1ccccc1)C(=O)C(C)(C)C. The van der Waals surface area contributed by atoms with E-state index in [0.717, 1.165) is 0 Å². The number of nitrogens with zero attached hydrogens (tertiary/aromatic N) is 2. The van der Waals surface area contributed by atoms with Crippen LogP contribution in [0.4, 0.5) is 5.69 Å². The van der Waals surface area contributed by atoms with E-state index in [1.165, 1.54) is 28.8 Å². The summed E-state index contributed by atoms with van der Waals surface area (Å²) in [5, 5.41) is 10.6. The van der Waals surface area contributed by atoms with E-state index in [2.05, 4.69) is 6.58 Å². The molecule has 37 heavy (non-hydrogen) atoms. The van der Waals surface area contributed by atoms with E-state index in [4.69, 9.17) is 21.7 Å². The second-order valence-electron chi connectivity index (χ2n) is 9.22. The zero-order chi connectivity index (χ0) is 27.2. The van der Waals surface area contributed by atoms with Crippen LogP contribution in [0.5, 0.6) is 5.75 Å². The number of ketones is 1. The second-order valence-corrected chi connectivity index (χ2v) is 10.8. The fourth-order valence-corrected chi connectivity index (χ4v) is 4.59. The molecule has 10 heteroatoms. The van der Waals surface area contributed by atoms with Crippen LogP contribution < -0.4 is 4.74 Å². The van der Waals surface area contributed by atoms with E-state index >= 15 is 0 Å². The fraction of sp³-hybridized carbons (Fsp3) is 0.296. The Labute approximate surface area is 225 Å². The number of β-lactam (4-membered cyclic amide) rings is 1. The lowest BCUT2D eigenvalue weighted by atomic mass is 9.88. The number of hydrogen-bond acceptors (Lipinski definition) is 8. The number of thioether (sulfide) groups is 1. The molecule has 2 aromatic carbocycles. The van der Waals surface area contributed by atoms with Crippen LogP contribution in [0.1, 0.15) is 32.8 Å². The Morgan fingerprint density at radius 1 is 1.22 bits per heavy atom. The summed E-state index contributed by atoms with van der Waals surface area (Å²) in [6, 6.07) is 14.6.